The summed E-state index contributed by atoms with van der Waals surface area (Å²) in [6.45, 7) is 1.80. The maximum absolute atomic E-state index is 12.4. The summed E-state index contributed by atoms with van der Waals surface area (Å²) < 4.78 is 37.1. The maximum Gasteiger partial charge on any atom is 0.401 e. The summed E-state index contributed by atoms with van der Waals surface area (Å²) in [6, 6.07) is 5.44. The SMILES string of the molecule is Cc1cc(C)cc(CN(CC(=O)O)CC(F)(F)F)c1. The average molecular weight is 275 g/mol. The van der Waals surface area contributed by atoms with Crippen LogP contribution in [0.5, 0.6) is 0 Å². The van der Waals surface area contributed by atoms with Crippen LogP contribution in [0, 0.1) is 13.8 Å². The van der Waals surface area contributed by atoms with Gasteiger partial charge in [-0.15, -0.1) is 0 Å². The molecule has 1 N–H and O–H groups in total. The molecule has 0 saturated carbocycles. The van der Waals surface area contributed by atoms with Crippen molar-refractivity contribution in [2.45, 2.75) is 26.6 Å². The fraction of sp³-hybridized carbons (Fsp3) is 0.462. The Morgan fingerprint density at radius 2 is 1.74 bits per heavy atom. The lowest BCUT2D eigenvalue weighted by molar-refractivity contribution is -0.154. The third-order valence-corrected chi connectivity index (χ3v) is 2.45. The van der Waals surface area contributed by atoms with Crippen molar-refractivity contribution in [3.05, 3.63) is 34.9 Å². The van der Waals surface area contributed by atoms with Gasteiger partial charge in [0.15, 0.2) is 0 Å². The summed E-state index contributed by atoms with van der Waals surface area (Å²) in [6.07, 6.45) is -4.41. The van der Waals surface area contributed by atoms with E-state index in [4.69, 9.17) is 5.11 Å². The largest absolute Gasteiger partial charge is 0.480 e. The molecule has 1 aromatic rings. The number of halogens is 3. The Morgan fingerprint density at radius 1 is 1.21 bits per heavy atom. The van der Waals surface area contributed by atoms with Crippen molar-refractivity contribution in [3.8, 4) is 0 Å². The number of alkyl halides is 3. The monoisotopic (exact) mass is 275 g/mol. The summed E-state index contributed by atoms with van der Waals surface area (Å²) in [4.78, 5) is 11.5. The Labute approximate surface area is 109 Å². The number of nitrogens with zero attached hydrogens (tertiary/aromatic N) is 1. The number of rotatable bonds is 5. The number of aliphatic carboxylic acids is 1. The van der Waals surface area contributed by atoms with Gasteiger partial charge in [-0.05, 0) is 19.4 Å². The normalized spacial score (nSPS) is 11.9. The van der Waals surface area contributed by atoms with Gasteiger partial charge in [-0.1, -0.05) is 29.3 Å². The van der Waals surface area contributed by atoms with Gasteiger partial charge in [-0.3, -0.25) is 9.69 Å². The van der Waals surface area contributed by atoms with Crippen molar-refractivity contribution in [1.82, 2.24) is 4.90 Å². The number of aryl methyl sites for hydroxylation is 2. The molecular weight excluding hydrogens is 259 g/mol. The minimum atomic E-state index is -4.41. The lowest BCUT2D eigenvalue weighted by Crippen LogP contribution is -2.37. The summed E-state index contributed by atoms with van der Waals surface area (Å²) in [5, 5.41) is 8.66. The zero-order valence-electron chi connectivity index (χ0n) is 10.8. The molecule has 0 radical (unpaired) electrons. The van der Waals surface area contributed by atoms with Gasteiger partial charge in [-0.2, -0.15) is 13.2 Å². The van der Waals surface area contributed by atoms with E-state index in [0.29, 0.717) is 5.56 Å². The summed E-state index contributed by atoms with van der Waals surface area (Å²) in [5.74, 6) is -1.27. The first kappa shape index (κ1) is 15.5. The Bertz CT molecular complexity index is 437. The van der Waals surface area contributed by atoms with Gasteiger partial charge in [0, 0.05) is 6.54 Å². The van der Waals surface area contributed by atoms with E-state index in [9.17, 15) is 18.0 Å². The first-order valence-electron chi connectivity index (χ1n) is 5.74. The Hall–Kier alpha value is -1.56. The highest BCUT2D eigenvalue weighted by Crippen LogP contribution is 2.19. The molecule has 0 unspecified atom stereocenters. The van der Waals surface area contributed by atoms with Crippen LogP contribution in [-0.4, -0.2) is 35.2 Å². The second kappa shape index (κ2) is 6.06. The number of carbonyl (C=O) groups is 1. The number of benzene rings is 1. The molecule has 0 fully saturated rings. The Morgan fingerprint density at radius 3 is 2.16 bits per heavy atom. The molecule has 0 spiro atoms. The van der Waals surface area contributed by atoms with Gasteiger partial charge in [-0.25, -0.2) is 0 Å². The summed E-state index contributed by atoms with van der Waals surface area (Å²) in [7, 11) is 0. The summed E-state index contributed by atoms with van der Waals surface area (Å²) >= 11 is 0. The predicted molar refractivity (Wildman–Crippen MR) is 64.9 cm³/mol. The Balaban J connectivity index is 2.84. The maximum atomic E-state index is 12.4. The highest BCUT2D eigenvalue weighted by Gasteiger charge is 2.31. The van der Waals surface area contributed by atoms with Crippen molar-refractivity contribution in [2.24, 2.45) is 0 Å². The molecule has 0 saturated heterocycles. The zero-order chi connectivity index (χ0) is 14.6. The first-order valence-corrected chi connectivity index (χ1v) is 5.74. The second-order valence-corrected chi connectivity index (χ2v) is 4.65. The number of carboxylic acids is 1. The zero-order valence-corrected chi connectivity index (χ0v) is 10.8. The van der Waals surface area contributed by atoms with E-state index < -0.39 is 25.2 Å². The van der Waals surface area contributed by atoms with Crippen molar-refractivity contribution in [1.29, 1.82) is 0 Å². The van der Waals surface area contributed by atoms with Gasteiger partial charge < -0.3 is 5.11 Å². The molecular formula is C13H16F3NO2. The van der Waals surface area contributed by atoms with Crippen LogP contribution in [0.25, 0.3) is 0 Å². The van der Waals surface area contributed by atoms with Crippen molar-refractivity contribution < 1.29 is 23.1 Å². The molecule has 6 heteroatoms. The Kier molecular flexibility index (Phi) is 4.94. The molecule has 0 atom stereocenters. The third-order valence-electron chi connectivity index (χ3n) is 2.45. The van der Waals surface area contributed by atoms with Gasteiger partial charge in [0.25, 0.3) is 0 Å². The molecule has 19 heavy (non-hydrogen) atoms. The molecule has 0 heterocycles. The lowest BCUT2D eigenvalue weighted by atomic mass is 10.1. The van der Waals surface area contributed by atoms with Crippen LogP contribution < -0.4 is 0 Å². The van der Waals surface area contributed by atoms with Crippen LogP contribution in [0.3, 0.4) is 0 Å². The number of hydrogen-bond donors (Lipinski definition) is 1. The van der Waals surface area contributed by atoms with E-state index in [1.165, 1.54) is 0 Å². The van der Waals surface area contributed by atoms with E-state index >= 15 is 0 Å². The standard InChI is InChI=1S/C13H16F3NO2/c1-9-3-10(2)5-11(4-9)6-17(7-12(18)19)8-13(14,15)16/h3-5H,6-8H2,1-2H3,(H,18,19). The molecule has 3 nitrogen and oxygen atoms in total. The molecule has 0 bridgehead atoms. The highest BCUT2D eigenvalue weighted by atomic mass is 19.4. The molecule has 1 aromatic carbocycles. The molecule has 0 aromatic heterocycles. The van der Waals surface area contributed by atoms with E-state index in [1.807, 2.05) is 19.9 Å². The fourth-order valence-corrected chi connectivity index (χ4v) is 2.03. The topological polar surface area (TPSA) is 40.5 Å². The van der Waals surface area contributed by atoms with Crippen LogP contribution in [0.15, 0.2) is 18.2 Å². The highest BCUT2D eigenvalue weighted by molar-refractivity contribution is 5.69. The van der Waals surface area contributed by atoms with Gasteiger partial charge in [0.05, 0.1) is 13.1 Å². The smallest absolute Gasteiger partial charge is 0.401 e. The third kappa shape index (κ3) is 6.24. The van der Waals surface area contributed by atoms with Crippen LogP contribution in [0.4, 0.5) is 13.2 Å². The first-order chi connectivity index (χ1) is 8.65. The molecule has 0 aliphatic rings. The van der Waals surface area contributed by atoms with Crippen LogP contribution >= 0.6 is 0 Å². The number of hydrogen-bond acceptors (Lipinski definition) is 2. The minimum Gasteiger partial charge on any atom is -0.480 e. The van der Waals surface area contributed by atoms with Crippen LogP contribution in [-0.2, 0) is 11.3 Å². The van der Waals surface area contributed by atoms with Crippen molar-refractivity contribution in [3.63, 3.8) is 0 Å². The fourth-order valence-electron chi connectivity index (χ4n) is 2.03. The minimum absolute atomic E-state index is 0.0334. The number of carboxylic acid groups (broad SMARTS) is 1. The van der Waals surface area contributed by atoms with Gasteiger partial charge >= 0.3 is 12.1 Å². The van der Waals surface area contributed by atoms with Crippen molar-refractivity contribution >= 4 is 5.97 Å². The molecule has 0 aliphatic carbocycles. The lowest BCUT2D eigenvalue weighted by Gasteiger charge is -2.22. The second-order valence-electron chi connectivity index (χ2n) is 4.65. The molecule has 106 valence electrons. The predicted octanol–water partition coefficient (Wildman–Crippen LogP) is 2.75. The van der Waals surface area contributed by atoms with Gasteiger partial charge in [0.2, 0.25) is 0 Å². The molecule has 1 rings (SSSR count). The van der Waals surface area contributed by atoms with E-state index in [2.05, 4.69) is 0 Å². The molecule has 0 aliphatic heterocycles. The van der Waals surface area contributed by atoms with Gasteiger partial charge in [0.1, 0.15) is 0 Å². The molecule has 0 amide bonds. The summed E-state index contributed by atoms with van der Waals surface area (Å²) in [5.41, 5.74) is 2.57. The van der Waals surface area contributed by atoms with E-state index in [1.54, 1.807) is 12.1 Å². The average Bonchev–Trinajstić information content (AvgIpc) is 2.10. The van der Waals surface area contributed by atoms with Crippen LogP contribution in [0.1, 0.15) is 16.7 Å². The van der Waals surface area contributed by atoms with E-state index in [0.717, 1.165) is 16.0 Å². The van der Waals surface area contributed by atoms with E-state index in [-0.39, 0.29) is 6.54 Å². The van der Waals surface area contributed by atoms with Crippen LogP contribution in [0.2, 0.25) is 0 Å². The quantitative estimate of drug-likeness (QED) is 0.898. The van der Waals surface area contributed by atoms with Crippen molar-refractivity contribution in [2.75, 3.05) is 13.1 Å².